The average Bonchev–Trinajstić information content (AvgIpc) is 3.79. The molecule has 58 heavy (non-hydrogen) atoms. The topological polar surface area (TPSA) is 9.86 Å². The highest BCUT2D eigenvalue weighted by atomic mass is 15.0. The third kappa shape index (κ3) is 4.55. The zero-order valence-electron chi connectivity index (χ0n) is 33.4. The maximum absolute atomic E-state index is 2.60. The lowest BCUT2D eigenvalue weighted by Gasteiger charge is -2.42. The van der Waals surface area contributed by atoms with Crippen molar-refractivity contribution >= 4 is 43.6 Å². The van der Waals surface area contributed by atoms with Crippen molar-refractivity contribution < 1.29 is 0 Å². The van der Waals surface area contributed by atoms with Crippen molar-refractivity contribution in [2.45, 2.75) is 51.4 Å². The highest BCUT2D eigenvalue weighted by molar-refractivity contribution is 6.17. The van der Waals surface area contributed by atoms with Gasteiger partial charge in [-0.1, -0.05) is 137 Å². The van der Waals surface area contributed by atoms with Gasteiger partial charge in [-0.2, -0.15) is 0 Å². The lowest BCUT2D eigenvalue weighted by molar-refractivity contribution is 0.584. The molecule has 0 N–H and O–H groups in total. The van der Waals surface area contributed by atoms with Gasteiger partial charge in [-0.3, -0.25) is 0 Å². The second kappa shape index (κ2) is 12.4. The van der Waals surface area contributed by atoms with E-state index in [1.54, 1.807) is 0 Å². The van der Waals surface area contributed by atoms with E-state index < -0.39 is 0 Å². The van der Waals surface area contributed by atoms with Crippen LogP contribution >= 0.6 is 0 Å². The van der Waals surface area contributed by atoms with Gasteiger partial charge in [0.15, 0.2) is 0 Å². The standard InChI is InChI=1S/C56H44N2/c1-33-34(2)44-32-48-46-30-40(38-19-11-6-12-20-38)26-28-50(46)58(42-23-15-8-16-24-42)56(48)52-36(4)35(3)51-53(54(44)52)43(33)31-47-45-29-39(37-17-9-5-10-18-37)25-27-49(45)57(55(47)51)41-21-13-7-14-22-41/h5-36H,1-4H3. The van der Waals surface area contributed by atoms with Crippen LogP contribution in [-0.4, -0.2) is 9.13 Å². The Morgan fingerprint density at radius 1 is 0.328 bits per heavy atom. The summed E-state index contributed by atoms with van der Waals surface area (Å²) in [6.45, 7) is 9.98. The number of rotatable bonds is 4. The first kappa shape index (κ1) is 33.5. The molecule has 0 amide bonds. The van der Waals surface area contributed by atoms with Gasteiger partial charge in [-0.25, -0.2) is 0 Å². The number of fused-ring (bicyclic) bond motifs is 8. The van der Waals surface area contributed by atoms with Crippen LogP contribution in [0.1, 0.15) is 73.6 Å². The van der Waals surface area contributed by atoms with Gasteiger partial charge in [0.1, 0.15) is 0 Å². The molecule has 12 rings (SSSR count). The van der Waals surface area contributed by atoms with E-state index in [1.807, 2.05) is 0 Å². The smallest absolute Gasteiger partial charge is 0.0582 e. The molecule has 0 spiro atoms. The van der Waals surface area contributed by atoms with Gasteiger partial charge >= 0.3 is 0 Å². The second-order valence-electron chi connectivity index (χ2n) is 17.0. The third-order valence-electron chi connectivity index (χ3n) is 14.1. The van der Waals surface area contributed by atoms with E-state index in [0.717, 1.165) is 0 Å². The maximum Gasteiger partial charge on any atom is 0.0582 e. The molecule has 0 saturated carbocycles. The predicted molar refractivity (Wildman–Crippen MR) is 245 cm³/mol. The number of hydrogen-bond acceptors (Lipinski definition) is 0. The van der Waals surface area contributed by atoms with E-state index in [4.69, 9.17) is 0 Å². The first-order valence-electron chi connectivity index (χ1n) is 21.0. The van der Waals surface area contributed by atoms with Crippen LogP contribution < -0.4 is 0 Å². The summed E-state index contributed by atoms with van der Waals surface area (Å²) in [4.78, 5) is 0. The monoisotopic (exact) mass is 744 g/mol. The van der Waals surface area contributed by atoms with Gasteiger partial charge in [-0.15, -0.1) is 0 Å². The van der Waals surface area contributed by atoms with Crippen LogP contribution in [0.15, 0.2) is 170 Å². The van der Waals surface area contributed by atoms with Crippen LogP contribution in [0.2, 0.25) is 0 Å². The minimum Gasteiger partial charge on any atom is -0.309 e. The maximum atomic E-state index is 2.60. The number of nitrogens with zero attached hydrogens (tertiary/aromatic N) is 2. The predicted octanol–water partition coefficient (Wildman–Crippen LogP) is 15.3. The SMILES string of the molecule is CC1c2cc3c4cc(-c5ccccc5)ccc4n(-c4ccccc4)c3c3c2-c2c(cc4c5cc(-c6ccccc6)ccc5n(-c5ccccc5)c4c2C(C)C3C)C1C. The van der Waals surface area contributed by atoms with E-state index in [0.29, 0.717) is 11.8 Å². The van der Waals surface area contributed by atoms with Crippen LogP contribution in [0.3, 0.4) is 0 Å². The Labute approximate surface area is 339 Å². The minimum atomic E-state index is 0.270. The van der Waals surface area contributed by atoms with Crippen molar-refractivity contribution in [1.29, 1.82) is 0 Å². The Morgan fingerprint density at radius 2 is 0.690 bits per heavy atom. The molecule has 4 unspecified atom stereocenters. The first-order valence-corrected chi connectivity index (χ1v) is 21.0. The van der Waals surface area contributed by atoms with Gasteiger partial charge in [0.2, 0.25) is 0 Å². The highest BCUT2D eigenvalue weighted by Crippen LogP contribution is 2.61. The largest absolute Gasteiger partial charge is 0.309 e. The summed E-state index contributed by atoms with van der Waals surface area (Å²) in [5, 5.41) is 5.38. The molecule has 2 aliphatic carbocycles. The molecule has 0 fully saturated rings. The van der Waals surface area contributed by atoms with Crippen LogP contribution in [-0.2, 0) is 0 Å². The Morgan fingerprint density at radius 3 is 1.07 bits per heavy atom. The normalized spacial score (nSPS) is 18.3. The van der Waals surface area contributed by atoms with Crippen LogP contribution in [0.5, 0.6) is 0 Å². The Balaban J connectivity index is 1.24. The first-order chi connectivity index (χ1) is 28.5. The number of hydrogen-bond donors (Lipinski definition) is 0. The van der Waals surface area contributed by atoms with Crippen molar-refractivity contribution in [3.05, 3.63) is 192 Å². The fourth-order valence-corrected chi connectivity index (χ4v) is 11.0. The van der Waals surface area contributed by atoms with Crippen LogP contribution in [0.25, 0.3) is 88.4 Å². The van der Waals surface area contributed by atoms with Gasteiger partial charge in [-0.05, 0) is 140 Å². The molecule has 10 aromatic rings. The molecule has 2 nitrogen and oxygen atoms in total. The summed E-state index contributed by atoms with van der Waals surface area (Å²) < 4.78 is 5.16. The van der Waals surface area contributed by atoms with Crippen LogP contribution in [0.4, 0.5) is 0 Å². The summed E-state index contributed by atoms with van der Waals surface area (Å²) in [7, 11) is 0. The van der Waals surface area contributed by atoms with Crippen LogP contribution in [0, 0.1) is 0 Å². The van der Waals surface area contributed by atoms with Crippen molar-refractivity contribution in [2.24, 2.45) is 0 Å². The Bertz CT molecular complexity index is 3040. The number of para-hydroxylation sites is 2. The molecular weight excluding hydrogens is 701 g/mol. The zero-order valence-corrected chi connectivity index (χ0v) is 33.4. The molecule has 2 heterocycles. The molecule has 2 aliphatic rings. The van der Waals surface area contributed by atoms with Crippen molar-refractivity contribution in [2.75, 3.05) is 0 Å². The molecule has 8 aromatic carbocycles. The fourth-order valence-electron chi connectivity index (χ4n) is 11.0. The van der Waals surface area contributed by atoms with Gasteiger partial charge in [0.05, 0.1) is 22.1 Å². The molecule has 278 valence electrons. The molecule has 0 saturated heterocycles. The summed E-state index contributed by atoms with van der Waals surface area (Å²) in [6, 6.07) is 63.3. The summed E-state index contributed by atoms with van der Waals surface area (Å²) in [5.74, 6) is 1.25. The van der Waals surface area contributed by atoms with Gasteiger partial charge < -0.3 is 9.13 Å². The molecule has 4 atom stereocenters. The zero-order chi connectivity index (χ0) is 38.8. The third-order valence-corrected chi connectivity index (χ3v) is 14.1. The summed E-state index contributed by atoms with van der Waals surface area (Å²) in [5.41, 5.74) is 21.6. The lowest BCUT2D eigenvalue weighted by atomic mass is 9.62. The summed E-state index contributed by atoms with van der Waals surface area (Å²) >= 11 is 0. The van der Waals surface area contributed by atoms with E-state index in [1.165, 1.54) is 111 Å². The average molecular weight is 745 g/mol. The molecule has 0 radical (unpaired) electrons. The van der Waals surface area contributed by atoms with E-state index >= 15 is 0 Å². The summed E-state index contributed by atoms with van der Waals surface area (Å²) in [6.07, 6.45) is 0. The quantitative estimate of drug-likeness (QED) is 0.170. The Hall–Kier alpha value is -6.64. The molecule has 2 heteroatoms. The van der Waals surface area contributed by atoms with E-state index in [9.17, 15) is 0 Å². The molecule has 0 bridgehead atoms. The number of benzene rings is 8. The second-order valence-corrected chi connectivity index (χ2v) is 17.0. The van der Waals surface area contributed by atoms with Gasteiger partial charge in [0.25, 0.3) is 0 Å². The van der Waals surface area contributed by atoms with Crippen molar-refractivity contribution in [3.63, 3.8) is 0 Å². The number of aromatic nitrogens is 2. The van der Waals surface area contributed by atoms with Crippen molar-refractivity contribution in [3.8, 4) is 44.8 Å². The van der Waals surface area contributed by atoms with Gasteiger partial charge in [0, 0.05) is 32.9 Å². The highest BCUT2D eigenvalue weighted by Gasteiger charge is 2.42. The Kier molecular flexibility index (Phi) is 7.18. The fraction of sp³-hybridized carbons (Fsp3) is 0.143. The minimum absolute atomic E-state index is 0.270. The molecule has 2 aromatic heterocycles. The molecular formula is C56H44N2. The molecule has 0 aliphatic heterocycles. The van der Waals surface area contributed by atoms with E-state index in [-0.39, 0.29) is 11.8 Å². The van der Waals surface area contributed by atoms with Crippen molar-refractivity contribution in [1.82, 2.24) is 9.13 Å². The lowest BCUT2D eigenvalue weighted by Crippen LogP contribution is -2.24. The van der Waals surface area contributed by atoms with E-state index in [2.05, 4.69) is 207 Å².